The average Bonchev–Trinajstić information content (AvgIpc) is 2.66. The van der Waals surface area contributed by atoms with E-state index in [0.717, 1.165) is 37.1 Å². The minimum absolute atomic E-state index is 0.795. The number of hydrogen-bond acceptors (Lipinski definition) is 3. The minimum atomic E-state index is 0.795. The van der Waals surface area contributed by atoms with Crippen molar-refractivity contribution in [2.75, 3.05) is 38.2 Å². The third-order valence-corrected chi connectivity index (χ3v) is 5.30. The highest BCUT2D eigenvalue weighted by Gasteiger charge is 2.10. The van der Waals surface area contributed by atoms with Crippen molar-refractivity contribution >= 4 is 17.7 Å². The molecular formula is C20H32N4S. The molecule has 1 aliphatic rings. The summed E-state index contributed by atoms with van der Waals surface area (Å²) in [4.78, 5) is 6.84. The van der Waals surface area contributed by atoms with Crippen LogP contribution in [0.5, 0.6) is 0 Å². The molecule has 2 N–H and O–H groups in total. The number of rotatable bonds is 9. The predicted molar refractivity (Wildman–Crippen MR) is 111 cm³/mol. The van der Waals surface area contributed by atoms with Gasteiger partial charge < -0.3 is 10.6 Å². The van der Waals surface area contributed by atoms with Crippen molar-refractivity contribution in [1.29, 1.82) is 0 Å². The molecule has 1 aromatic rings. The molecule has 4 nitrogen and oxygen atoms in total. The minimum Gasteiger partial charge on any atom is -0.356 e. The highest BCUT2D eigenvalue weighted by atomic mass is 32.2. The van der Waals surface area contributed by atoms with Gasteiger partial charge in [-0.3, -0.25) is 9.89 Å². The van der Waals surface area contributed by atoms with Crippen molar-refractivity contribution < 1.29 is 0 Å². The zero-order chi connectivity index (χ0) is 17.7. The maximum Gasteiger partial charge on any atom is 0.191 e. The van der Waals surface area contributed by atoms with Gasteiger partial charge in [0, 0.05) is 38.2 Å². The first-order valence-electron chi connectivity index (χ1n) is 9.25. The maximum absolute atomic E-state index is 4.27. The molecule has 0 amide bonds. The Hall–Kier alpha value is -1.46. The van der Waals surface area contributed by atoms with Gasteiger partial charge in [-0.1, -0.05) is 36.8 Å². The number of nitrogens with zero attached hydrogens (tertiary/aromatic N) is 2. The van der Waals surface area contributed by atoms with Crippen LogP contribution in [-0.4, -0.2) is 49.0 Å². The Kier molecular flexibility index (Phi) is 9.52. The van der Waals surface area contributed by atoms with Crippen LogP contribution in [0.3, 0.4) is 0 Å². The van der Waals surface area contributed by atoms with E-state index in [1.807, 2.05) is 24.9 Å². The second-order valence-electron chi connectivity index (χ2n) is 6.37. The Morgan fingerprint density at radius 3 is 2.56 bits per heavy atom. The summed E-state index contributed by atoms with van der Waals surface area (Å²) in [6.07, 6.45) is 6.02. The van der Waals surface area contributed by atoms with Crippen LogP contribution in [0, 0.1) is 0 Å². The highest BCUT2D eigenvalue weighted by molar-refractivity contribution is 7.99. The maximum atomic E-state index is 4.27. The largest absolute Gasteiger partial charge is 0.356 e. The molecule has 0 unspecified atom stereocenters. The van der Waals surface area contributed by atoms with Crippen molar-refractivity contribution in [1.82, 2.24) is 15.5 Å². The van der Waals surface area contributed by atoms with Gasteiger partial charge in [-0.05, 0) is 37.1 Å². The molecule has 2 rings (SSSR count). The van der Waals surface area contributed by atoms with E-state index in [9.17, 15) is 0 Å². The fourth-order valence-electron chi connectivity index (χ4n) is 2.95. The molecule has 1 aliphatic heterocycles. The van der Waals surface area contributed by atoms with Gasteiger partial charge >= 0.3 is 0 Å². The normalized spacial score (nSPS) is 15.8. The molecule has 1 saturated heterocycles. The van der Waals surface area contributed by atoms with E-state index in [2.05, 4.69) is 51.4 Å². The molecule has 1 aromatic carbocycles. The van der Waals surface area contributed by atoms with Gasteiger partial charge in [0.1, 0.15) is 0 Å². The molecule has 1 fully saturated rings. The van der Waals surface area contributed by atoms with E-state index in [0.29, 0.717) is 0 Å². The van der Waals surface area contributed by atoms with Gasteiger partial charge in [0.25, 0.3) is 0 Å². The van der Waals surface area contributed by atoms with Gasteiger partial charge in [0.2, 0.25) is 0 Å². The van der Waals surface area contributed by atoms with E-state index in [1.54, 1.807) is 0 Å². The first-order valence-corrected chi connectivity index (χ1v) is 10.4. The Balaban J connectivity index is 1.69. The van der Waals surface area contributed by atoms with Crippen LogP contribution >= 0.6 is 11.8 Å². The first-order chi connectivity index (χ1) is 12.3. The van der Waals surface area contributed by atoms with Gasteiger partial charge in [-0.15, -0.1) is 6.58 Å². The third-order valence-electron chi connectivity index (χ3n) is 4.34. The lowest BCUT2D eigenvalue weighted by Gasteiger charge is -2.26. The summed E-state index contributed by atoms with van der Waals surface area (Å²) in [6.45, 7) is 9.01. The van der Waals surface area contributed by atoms with Crippen LogP contribution in [0.4, 0.5) is 0 Å². The van der Waals surface area contributed by atoms with Crippen LogP contribution < -0.4 is 10.6 Å². The van der Waals surface area contributed by atoms with Crippen LogP contribution in [0.2, 0.25) is 0 Å². The molecule has 5 heteroatoms. The van der Waals surface area contributed by atoms with E-state index < -0.39 is 0 Å². The number of likely N-dealkylation sites (tertiary alicyclic amines) is 1. The quantitative estimate of drug-likeness (QED) is 0.307. The van der Waals surface area contributed by atoms with Crippen molar-refractivity contribution in [2.24, 2.45) is 4.99 Å². The van der Waals surface area contributed by atoms with Crippen molar-refractivity contribution in [2.45, 2.75) is 32.4 Å². The monoisotopic (exact) mass is 360 g/mol. The smallest absolute Gasteiger partial charge is 0.191 e. The van der Waals surface area contributed by atoms with E-state index in [1.165, 1.54) is 43.5 Å². The van der Waals surface area contributed by atoms with E-state index in [-0.39, 0.29) is 0 Å². The van der Waals surface area contributed by atoms with Crippen LogP contribution in [0.25, 0.3) is 0 Å². The summed E-state index contributed by atoms with van der Waals surface area (Å²) >= 11 is 1.87. The Morgan fingerprint density at radius 2 is 1.88 bits per heavy atom. The second-order valence-corrected chi connectivity index (χ2v) is 7.52. The molecule has 0 spiro atoms. The van der Waals surface area contributed by atoms with Crippen LogP contribution in [-0.2, 0) is 13.1 Å². The zero-order valence-corrected chi connectivity index (χ0v) is 16.3. The molecule has 0 radical (unpaired) electrons. The molecule has 0 bridgehead atoms. The fraction of sp³-hybridized carbons (Fsp3) is 0.550. The topological polar surface area (TPSA) is 39.7 Å². The molecule has 138 valence electrons. The fourth-order valence-corrected chi connectivity index (χ4v) is 3.53. The van der Waals surface area contributed by atoms with E-state index >= 15 is 0 Å². The summed E-state index contributed by atoms with van der Waals surface area (Å²) in [6, 6.07) is 8.96. The molecule has 0 aliphatic carbocycles. The summed E-state index contributed by atoms with van der Waals surface area (Å²) in [5, 5.41) is 6.72. The predicted octanol–water partition coefficient (Wildman–Crippen LogP) is 3.26. The zero-order valence-electron chi connectivity index (χ0n) is 15.5. The first kappa shape index (κ1) is 19.9. The lowest BCUT2D eigenvalue weighted by atomic mass is 10.1. The number of hydrogen-bond donors (Lipinski definition) is 2. The second kappa shape index (κ2) is 12.0. The molecule has 1 heterocycles. The Morgan fingerprint density at radius 1 is 1.16 bits per heavy atom. The summed E-state index contributed by atoms with van der Waals surface area (Å²) in [7, 11) is 1.81. The third kappa shape index (κ3) is 7.97. The Labute approximate surface area is 157 Å². The molecular weight excluding hydrogens is 328 g/mol. The number of thioether (sulfide) groups is 1. The lowest BCUT2D eigenvalue weighted by molar-refractivity contribution is 0.221. The summed E-state index contributed by atoms with van der Waals surface area (Å²) in [5.41, 5.74) is 2.69. The van der Waals surface area contributed by atoms with Crippen molar-refractivity contribution in [3.63, 3.8) is 0 Å². The van der Waals surface area contributed by atoms with Crippen molar-refractivity contribution in [3.8, 4) is 0 Å². The molecule has 25 heavy (non-hydrogen) atoms. The standard InChI is InChI=1S/C20H32N4S/c1-3-14-25-15-11-22-20(21-2)23-16-18-7-9-19(10-8-18)17-24-12-5-4-6-13-24/h3,7-10H,1,4-6,11-17H2,2H3,(H2,21,22,23). The number of nitrogens with one attached hydrogen (secondary N) is 2. The van der Waals surface area contributed by atoms with Gasteiger partial charge in [0.15, 0.2) is 5.96 Å². The molecule has 0 aromatic heterocycles. The SMILES string of the molecule is C=CCSCCNC(=NC)NCc1ccc(CN2CCCCC2)cc1. The number of aliphatic imine (C=N–C) groups is 1. The van der Waals surface area contributed by atoms with Crippen LogP contribution in [0.1, 0.15) is 30.4 Å². The molecule has 0 atom stereocenters. The van der Waals surface area contributed by atoms with E-state index in [4.69, 9.17) is 0 Å². The summed E-state index contributed by atoms with van der Waals surface area (Å²) < 4.78 is 0. The van der Waals surface area contributed by atoms with Gasteiger partial charge in [-0.2, -0.15) is 11.8 Å². The number of piperidine rings is 1. The molecule has 0 saturated carbocycles. The highest BCUT2D eigenvalue weighted by Crippen LogP contribution is 2.13. The number of benzene rings is 1. The van der Waals surface area contributed by atoms with Crippen LogP contribution in [0.15, 0.2) is 41.9 Å². The van der Waals surface area contributed by atoms with Gasteiger partial charge in [-0.25, -0.2) is 0 Å². The Bertz CT molecular complexity index is 521. The van der Waals surface area contributed by atoms with Crippen molar-refractivity contribution in [3.05, 3.63) is 48.0 Å². The number of guanidine groups is 1. The van der Waals surface area contributed by atoms with Gasteiger partial charge in [0.05, 0.1) is 0 Å². The summed E-state index contributed by atoms with van der Waals surface area (Å²) in [5.74, 6) is 2.91. The average molecular weight is 361 g/mol. The lowest BCUT2D eigenvalue weighted by Crippen LogP contribution is -2.37.